The van der Waals surface area contributed by atoms with Gasteiger partial charge in [0.05, 0.1) is 17.3 Å². The van der Waals surface area contributed by atoms with Gasteiger partial charge < -0.3 is 10.1 Å². The van der Waals surface area contributed by atoms with Gasteiger partial charge in [-0.25, -0.2) is 4.39 Å². The molecule has 7 heteroatoms. The Balaban J connectivity index is 3.01. The minimum absolute atomic E-state index is 0.0604. The van der Waals surface area contributed by atoms with Gasteiger partial charge in [-0.3, -0.25) is 9.59 Å². The largest absolute Gasteiger partial charge is 0.465 e. The van der Waals surface area contributed by atoms with Crippen molar-refractivity contribution in [1.82, 2.24) is 0 Å². The first-order valence-corrected chi connectivity index (χ1v) is 9.95. The Morgan fingerprint density at radius 1 is 1.31 bits per heavy atom. The third-order valence-corrected chi connectivity index (χ3v) is 5.09. The first kappa shape index (κ1) is 22.8. The molecule has 0 aromatic heterocycles. The van der Waals surface area contributed by atoms with Crippen LogP contribution >= 0.6 is 23.4 Å². The topological polar surface area (TPSA) is 55.4 Å². The monoisotopic (exact) mass is 403 g/mol. The quantitative estimate of drug-likeness (QED) is 0.448. The lowest BCUT2D eigenvalue weighted by Gasteiger charge is -2.19. The molecule has 0 bridgehead atoms. The summed E-state index contributed by atoms with van der Waals surface area (Å²) in [6, 6.07) is 2.63. The molecule has 0 radical (unpaired) electrons. The average Bonchev–Trinajstić information content (AvgIpc) is 2.49. The van der Waals surface area contributed by atoms with Crippen LogP contribution < -0.4 is 5.32 Å². The summed E-state index contributed by atoms with van der Waals surface area (Å²) in [5.74, 6) is -1.20. The van der Waals surface area contributed by atoms with E-state index in [1.54, 1.807) is 6.92 Å². The van der Waals surface area contributed by atoms with Crippen LogP contribution in [-0.2, 0) is 14.3 Å². The van der Waals surface area contributed by atoms with Gasteiger partial charge in [-0.1, -0.05) is 45.7 Å². The van der Waals surface area contributed by atoms with E-state index < -0.39 is 11.1 Å². The highest BCUT2D eigenvalue weighted by atomic mass is 35.5. The molecule has 1 amide bonds. The number of carbonyl (C=O) groups is 2. The van der Waals surface area contributed by atoms with E-state index in [1.807, 2.05) is 27.7 Å². The van der Waals surface area contributed by atoms with E-state index in [1.165, 1.54) is 17.8 Å². The van der Waals surface area contributed by atoms with Crippen molar-refractivity contribution in [2.45, 2.75) is 64.0 Å². The highest BCUT2D eigenvalue weighted by molar-refractivity contribution is 8.00. The maximum atomic E-state index is 14.2. The lowest BCUT2D eigenvalue weighted by Crippen LogP contribution is -2.21. The summed E-state index contributed by atoms with van der Waals surface area (Å²) in [4.78, 5) is 24.7. The van der Waals surface area contributed by atoms with Gasteiger partial charge >= 0.3 is 5.97 Å². The number of esters is 1. The van der Waals surface area contributed by atoms with Crippen molar-refractivity contribution in [2.24, 2.45) is 5.41 Å². The first-order chi connectivity index (χ1) is 12.1. The highest BCUT2D eigenvalue weighted by Gasteiger charge is 2.23. The zero-order valence-electron chi connectivity index (χ0n) is 15.9. The van der Waals surface area contributed by atoms with E-state index in [0.717, 1.165) is 12.5 Å². The van der Waals surface area contributed by atoms with E-state index >= 15 is 0 Å². The third-order valence-electron chi connectivity index (χ3n) is 3.36. The molecule has 0 fully saturated rings. The second-order valence-electron chi connectivity index (χ2n) is 7.20. The summed E-state index contributed by atoms with van der Waals surface area (Å²) in [6.07, 6.45) is 1.67. The second kappa shape index (κ2) is 10.2. The first-order valence-electron chi connectivity index (χ1n) is 8.69. The Bertz CT molecular complexity index is 646. The number of nitrogens with one attached hydrogen (secondary N) is 1. The smallest absolute Gasteiger partial charge is 0.319 e. The Morgan fingerprint density at radius 2 is 1.96 bits per heavy atom. The molecule has 26 heavy (non-hydrogen) atoms. The molecule has 0 aliphatic heterocycles. The summed E-state index contributed by atoms with van der Waals surface area (Å²) in [6.45, 7) is 9.81. The zero-order valence-corrected chi connectivity index (χ0v) is 17.5. The number of hydrogen-bond acceptors (Lipinski definition) is 4. The van der Waals surface area contributed by atoms with Crippen molar-refractivity contribution in [3.63, 3.8) is 0 Å². The van der Waals surface area contributed by atoms with E-state index in [2.05, 4.69) is 5.32 Å². The molecule has 1 atom stereocenters. The number of anilines is 1. The van der Waals surface area contributed by atoms with Gasteiger partial charge in [0.2, 0.25) is 5.91 Å². The summed E-state index contributed by atoms with van der Waals surface area (Å²) < 4.78 is 19.3. The molecule has 1 rings (SSSR count). The molecule has 0 spiro atoms. The van der Waals surface area contributed by atoms with Gasteiger partial charge in [0.25, 0.3) is 0 Å². The molecule has 0 heterocycles. The number of amides is 1. The van der Waals surface area contributed by atoms with Gasteiger partial charge in [0.15, 0.2) is 0 Å². The van der Waals surface area contributed by atoms with Crippen molar-refractivity contribution in [1.29, 1.82) is 0 Å². The molecule has 0 aliphatic carbocycles. The Morgan fingerprint density at radius 3 is 2.50 bits per heavy atom. The zero-order chi connectivity index (χ0) is 19.9. The van der Waals surface area contributed by atoms with Crippen molar-refractivity contribution in [2.75, 3.05) is 11.9 Å². The van der Waals surface area contributed by atoms with E-state index in [4.69, 9.17) is 16.3 Å². The minimum Gasteiger partial charge on any atom is -0.465 e. The van der Waals surface area contributed by atoms with Crippen LogP contribution in [0.2, 0.25) is 5.02 Å². The molecule has 146 valence electrons. The number of benzene rings is 1. The molecule has 0 aliphatic rings. The van der Waals surface area contributed by atoms with Crippen LogP contribution in [-0.4, -0.2) is 23.7 Å². The number of ether oxygens (including phenoxy) is 1. The van der Waals surface area contributed by atoms with Crippen LogP contribution in [0.25, 0.3) is 0 Å². The summed E-state index contributed by atoms with van der Waals surface area (Å²) in [5.41, 5.74) is -0.147. The van der Waals surface area contributed by atoms with Gasteiger partial charge in [-0.15, -0.1) is 11.8 Å². The SMILES string of the molecule is CCCC(Sc1cc(NC(=O)CC(C)(C)C)c(F)cc1Cl)C(=O)OCC. The number of rotatable bonds is 8. The highest BCUT2D eigenvalue weighted by Crippen LogP contribution is 2.36. The van der Waals surface area contributed by atoms with Gasteiger partial charge in [-0.05, 0) is 30.9 Å². The van der Waals surface area contributed by atoms with Gasteiger partial charge in [0.1, 0.15) is 11.1 Å². The Hall–Kier alpha value is -1.27. The molecule has 1 aromatic carbocycles. The number of hydrogen-bond donors (Lipinski definition) is 1. The molecule has 1 aromatic rings. The lowest BCUT2D eigenvalue weighted by molar-refractivity contribution is -0.142. The second-order valence-corrected chi connectivity index (χ2v) is 8.85. The predicted molar refractivity (Wildman–Crippen MR) is 105 cm³/mol. The van der Waals surface area contributed by atoms with Crippen LogP contribution in [0.4, 0.5) is 10.1 Å². The summed E-state index contributed by atoms with van der Waals surface area (Å²) in [7, 11) is 0. The van der Waals surface area contributed by atoms with Crippen LogP contribution in [0.15, 0.2) is 17.0 Å². The van der Waals surface area contributed by atoms with Crippen LogP contribution in [0, 0.1) is 11.2 Å². The molecule has 1 N–H and O–H groups in total. The Labute approximate surface area is 164 Å². The van der Waals surface area contributed by atoms with Crippen LogP contribution in [0.5, 0.6) is 0 Å². The molecular formula is C19H27ClFNO3S. The minimum atomic E-state index is -0.607. The maximum absolute atomic E-state index is 14.2. The van der Waals surface area contributed by atoms with Crippen LogP contribution in [0.1, 0.15) is 53.9 Å². The fourth-order valence-electron chi connectivity index (χ4n) is 2.27. The number of carbonyl (C=O) groups excluding carboxylic acids is 2. The van der Waals surface area contributed by atoms with Crippen molar-refractivity contribution in [3.05, 3.63) is 23.0 Å². The molecule has 1 unspecified atom stereocenters. The lowest BCUT2D eigenvalue weighted by atomic mass is 9.92. The fourth-order valence-corrected chi connectivity index (χ4v) is 3.73. The number of halogens is 2. The third kappa shape index (κ3) is 7.54. The van der Waals surface area contributed by atoms with E-state index in [-0.39, 0.29) is 34.4 Å². The molecule has 0 saturated heterocycles. The van der Waals surface area contributed by atoms with Crippen molar-refractivity contribution < 1.29 is 18.7 Å². The molecule has 0 saturated carbocycles. The maximum Gasteiger partial charge on any atom is 0.319 e. The summed E-state index contributed by atoms with van der Waals surface area (Å²) >= 11 is 7.37. The van der Waals surface area contributed by atoms with E-state index in [0.29, 0.717) is 17.9 Å². The van der Waals surface area contributed by atoms with Crippen molar-refractivity contribution in [3.8, 4) is 0 Å². The van der Waals surface area contributed by atoms with Crippen molar-refractivity contribution >= 4 is 40.9 Å². The van der Waals surface area contributed by atoms with Gasteiger partial charge in [0, 0.05) is 11.3 Å². The summed E-state index contributed by atoms with van der Waals surface area (Å²) in [5, 5.41) is 2.36. The fraction of sp³-hybridized carbons (Fsp3) is 0.579. The number of thioether (sulfide) groups is 1. The Kier molecular flexibility index (Phi) is 8.90. The predicted octanol–water partition coefficient (Wildman–Crippen LogP) is 5.68. The standard InChI is InChI=1S/C19H27ClFNO3S/c1-6-8-15(18(24)25-7-2)26-16-10-14(13(21)9-12(16)20)22-17(23)11-19(3,4)5/h9-10,15H,6-8,11H2,1-5H3,(H,22,23). The van der Waals surface area contributed by atoms with E-state index in [9.17, 15) is 14.0 Å². The molecule has 4 nitrogen and oxygen atoms in total. The average molecular weight is 404 g/mol. The normalized spacial score (nSPS) is 12.6. The van der Waals surface area contributed by atoms with Crippen LogP contribution in [0.3, 0.4) is 0 Å². The van der Waals surface area contributed by atoms with Gasteiger partial charge in [-0.2, -0.15) is 0 Å². The molecular weight excluding hydrogens is 377 g/mol.